The standard InChI is InChI=1S/C16H23N3S/c1-3-14(12-7-5-4-6-8-12)19-15-13(18-16(19)20)9-11(2)10-17-15/h9-10,12,14H,3-8H2,1-2H3,(H,18,20). The average Bonchev–Trinajstić information content (AvgIpc) is 2.77. The molecule has 1 unspecified atom stereocenters. The fraction of sp³-hybridized carbons (Fsp3) is 0.625. The van der Waals surface area contributed by atoms with Crippen molar-refractivity contribution in [3.63, 3.8) is 0 Å². The van der Waals surface area contributed by atoms with E-state index in [1.807, 2.05) is 6.20 Å². The Hall–Kier alpha value is -1.16. The van der Waals surface area contributed by atoms with E-state index in [1.54, 1.807) is 0 Å². The minimum atomic E-state index is 0.492. The number of H-pyrrole nitrogens is 1. The maximum absolute atomic E-state index is 5.58. The first-order valence-electron chi connectivity index (χ1n) is 7.77. The molecule has 0 saturated heterocycles. The van der Waals surface area contributed by atoms with E-state index in [0.717, 1.165) is 28.3 Å². The number of fused-ring (bicyclic) bond motifs is 1. The first-order valence-corrected chi connectivity index (χ1v) is 8.18. The number of aryl methyl sites for hydroxylation is 1. The summed E-state index contributed by atoms with van der Waals surface area (Å²) in [5, 5.41) is 0. The van der Waals surface area contributed by atoms with E-state index in [2.05, 4.69) is 34.4 Å². The van der Waals surface area contributed by atoms with E-state index in [1.165, 1.54) is 37.7 Å². The molecule has 1 aliphatic rings. The van der Waals surface area contributed by atoms with E-state index in [4.69, 9.17) is 12.2 Å². The Morgan fingerprint density at radius 3 is 2.85 bits per heavy atom. The Bertz CT molecular complexity index is 649. The van der Waals surface area contributed by atoms with Gasteiger partial charge in [-0.2, -0.15) is 0 Å². The minimum Gasteiger partial charge on any atom is -0.329 e. The Kier molecular flexibility index (Phi) is 3.92. The Morgan fingerprint density at radius 1 is 1.40 bits per heavy atom. The second-order valence-electron chi connectivity index (χ2n) is 6.06. The number of imidazole rings is 1. The maximum Gasteiger partial charge on any atom is 0.179 e. The van der Waals surface area contributed by atoms with Crippen molar-refractivity contribution in [2.24, 2.45) is 5.92 Å². The zero-order valence-corrected chi connectivity index (χ0v) is 13.2. The van der Waals surface area contributed by atoms with E-state index in [0.29, 0.717) is 6.04 Å². The maximum atomic E-state index is 5.58. The van der Waals surface area contributed by atoms with Crippen LogP contribution < -0.4 is 0 Å². The molecule has 3 nitrogen and oxygen atoms in total. The number of rotatable bonds is 3. The lowest BCUT2D eigenvalue weighted by molar-refractivity contribution is 0.245. The lowest BCUT2D eigenvalue weighted by Gasteiger charge is -2.30. The molecule has 0 bridgehead atoms. The zero-order valence-electron chi connectivity index (χ0n) is 12.4. The molecule has 0 aliphatic heterocycles. The van der Waals surface area contributed by atoms with E-state index >= 15 is 0 Å². The van der Waals surface area contributed by atoms with Crippen LogP contribution in [0.25, 0.3) is 11.2 Å². The second-order valence-corrected chi connectivity index (χ2v) is 6.44. The molecule has 1 saturated carbocycles. The first kappa shape index (κ1) is 13.8. The predicted molar refractivity (Wildman–Crippen MR) is 85.6 cm³/mol. The molecule has 1 atom stereocenters. The number of hydrogen-bond donors (Lipinski definition) is 1. The van der Waals surface area contributed by atoms with Crippen LogP contribution in [-0.4, -0.2) is 14.5 Å². The SMILES string of the molecule is CCC(C1CCCCC1)n1c(=S)[nH]c2cc(C)cnc21. The highest BCUT2D eigenvalue weighted by Gasteiger charge is 2.25. The van der Waals surface area contributed by atoms with Crippen LogP contribution in [0.1, 0.15) is 57.1 Å². The second kappa shape index (κ2) is 5.68. The van der Waals surface area contributed by atoms with Gasteiger partial charge in [0.05, 0.1) is 5.52 Å². The molecule has 0 spiro atoms. The Morgan fingerprint density at radius 2 is 2.15 bits per heavy atom. The molecule has 4 heteroatoms. The highest BCUT2D eigenvalue weighted by Crippen LogP contribution is 2.36. The van der Waals surface area contributed by atoms with E-state index in [-0.39, 0.29) is 0 Å². The van der Waals surface area contributed by atoms with E-state index < -0.39 is 0 Å². The smallest absolute Gasteiger partial charge is 0.179 e. The first-order chi connectivity index (χ1) is 9.70. The van der Waals surface area contributed by atoms with Gasteiger partial charge in [0.2, 0.25) is 0 Å². The van der Waals surface area contributed by atoms with Gasteiger partial charge in [-0.15, -0.1) is 0 Å². The molecule has 2 aromatic heterocycles. The lowest BCUT2D eigenvalue weighted by atomic mass is 9.83. The van der Waals surface area contributed by atoms with Gasteiger partial charge in [0.15, 0.2) is 10.4 Å². The summed E-state index contributed by atoms with van der Waals surface area (Å²) >= 11 is 5.58. The summed E-state index contributed by atoms with van der Waals surface area (Å²) in [6.45, 7) is 4.34. The van der Waals surface area contributed by atoms with Gasteiger partial charge in [-0.25, -0.2) is 4.98 Å². The molecule has 1 fully saturated rings. The molecule has 0 aromatic carbocycles. The molecule has 108 valence electrons. The molecule has 3 rings (SSSR count). The molecular formula is C16H23N3S. The van der Waals surface area contributed by atoms with E-state index in [9.17, 15) is 0 Å². The number of hydrogen-bond acceptors (Lipinski definition) is 2. The summed E-state index contributed by atoms with van der Waals surface area (Å²) in [6.07, 6.45) is 9.85. The third-order valence-electron chi connectivity index (χ3n) is 4.64. The van der Waals surface area contributed by atoms with Crippen LogP contribution in [0.4, 0.5) is 0 Å². The average molecular weight is 289 g/mol. The third kappa shape index (κ3) is 2.41. The van der Waals surface area contributed by atoms with Crippen LogP contribution in [0, 0.1) is 17.6 Å². The predicted octanol–water partition coefficient (Wildman–Crippen LogP) is 4.93. The van der Waals surface area contributed by atoms with Crippen LogP contribution in [0.15, 0.2) is 12.3 Å². The quantitative estimate of drug-likeness (QED) is 0.812. The molecule has 0 radical (unpaired) electrons. The van der Waals surface area contributed by atoms with Crippen molar-refractivity contribution in [2.45, 2.75) is 58.4 Å². The highest BCUT2D eigenvalue weighted by molar-refractivity contribution is 7.71. The van der Waals surface area contributed by atoms with Gasteiger partial charge in [0.1, 0.15) is 0 Å². The molecule has 0 amide bonds. The van der Waals surface area contributed by atoms with Gasteiger partial charge in [-0.05, 0) is 56.0 Å². The fourth-order valence-corrected chi connectivity index (χ4v) is 4.00. The van der Waals surface area contributed by atoms with Gasteiger partial charge < -0.3 is 4.98 Å². The van der Waals surface area contributed by atoms with Crippen molar-refractivity contribution in [2.75, 3.05) is 0 Å². The zero-order chi connectivity index (χ0) is 14.1. The number of aromatic nitrogens is 3. The molecule has 1 aliphatic carbocycles. The monoisotopic (exact) mass is 289 g/mol. The van der Waals surface area contributed by atoms with Crippen LogP contribution >= 0.6 is 12.2 Å². The number of nitrogens with zero attached hydrogens (tertiary/aromatic N) is 2. The number of pyridine rings is 1. The van der Waals surface area contributed by atoms with Crippen molar-refractivity contribution in [1.82, 2.24) is 14.5 Å². The molecule has 2 aromatic rings. The van der Waals surface area contributed by atoms with Gasteiger partial charge in [0.25, 0.3) is 0 Å². The molecule has 1 N–H and O–H groups in total. The summed E-state index contributed by atoms with van der Waals surface area (Å²) < 4.78 is 3.11. The van der Waals surface area contributed by atoms with Gasteiger partial charge in [-0.3, -0.25) is 4.57 Å². The number of aromatic amines is 1. The largest absolute Gasteiger partial charge is 0.329 e. The van der Waals surface area contributed by atoms with Gasteiger partial charge >= 0.3 is 0 Å². The third-order valence-corrected chi connectivity index (χ3v) is 4.93. The van der Waals surface area contributed by atoms with Crippen LogP contribution in [0.2, 0.25) is 0 Å². The summed E-state index contributed by atoms with van der Waals surface area (Å²) in [6, 6.07) is 2.63. The summed E-state index contributed by atoms with van der Waals surface area (Å²) in [7, 11) is 0. The minimum absolute atomic E-state index is 0.492. The van der Waals surface area contributed by atoms with Crippen LogP contribution in [0.5, 0.6) is 0 Å². The van der Waals surface area contributed by atoms with Gasteiger partial charge in [-0.1, -0.05) is 26.2 Å². The molecular weight excluding hydrogens is 266 g/mol. The normalized spacial score (nSPS) is 18.5. The van der Waals surface area contributed by atoms with Crippen LogP contribution in [-0.2, 0) is 0 Å². The van der Waals surface area contributed by atoms with Crippen molar-refractivity contribution < 1.29 is 0 Å². The summed E-state index contributed by atoms with van der Waals surface area (Å²) in [5.41, 5.74) is 3.27. The van der Waals surface area contributed by atoms with Crippen molar-refractivity contribution in [3.8, 4) is 0 Å². The molecule has 2 heterocycles. The highest BCUT2D eigenvalue weighted by atomic mass is 32.1. The van der Waals surface area contributed by atoms with Crippen molar-refractivity contribution in [3.05, 3.63) is 22.6 Å². The summed E-state index contributed by atoms with van der Waals surface area (Å²) in [5.74, 6) is 0.752. The van der Waals surface area contributed by atoms with Crippen LogP contribution in [0.3, 0.4) is 0 Å². The fourth-order valence-electron chi connectivity index (χ4n) is 3.67. The number of nitrogens with one attached hydrogen (secondary N) is 1. The van der Waals surface area contributed by atoms with Crippen molar-refractivity contribution in [1.29, 1.82) is 0 Å². The summed E-state index contributed by atoms with van der Waals surface area (Å²) in [4.78, 5) is 7.97. The topological polar surface area (TPSA) is 33.6 Å². The van der Waals surface area contributed by atoms with Crippen molar-refractivity contribution >= 4 is 23.4 Å². The Labute approximate surface area is 125 Å². The van der Waals surface area contributed by atoms with Gasteiger partial charge in [0, 0.05) is 12.2 Å². The molecule has 20 heavy (non-hydrogen) atoms. The Balaban J connectivity index is 2.06. The lowest BCUT2D eigenvalue weighted by Crippen LogP contribution is -2.21.